The lowest BCUT2D eigenvalue weighted by Crippen LogP contribution is -2.38. The number of benzene rings is 1. The number of phenols is 2. The van der Waals surface area contributed by atoms with E-state index < -0.39 is 0 Å². The van der Waals surface area contributed by atoms with E-state index in [-0.39, 0.29) is 17.0 Å². The van der Waals surface area contributed by atoms with Gasteiger partial charge in [0.25, 0.3) is 0 Å². The van der Waals surface area contributed by atoms with Gasteiger partial charge in [0.1, 0.15) is 0 Å². The van der Waals surface area contributed by atoms with Crippen LogP contribution in [0.4, 0.5) is 0 Å². The summed E-state index contributed by atoms with van der Waals surface area (Å²) >= 11 is 0. The number of likely N-dealkylation sites (N-methyl/N-ethyl adjacent to an activating group) is 1. The van der Waals surface area contributed by atoms with Gasteiger partial charge in [-0.05, 0) is 45.0 Å². The molecule has 4 heteroatoms. The maximum atomic E-state index is 9.53. The fraction of sp³-hybridized carbons (Fsp3) is 0.500. The van der Waals surface area contributed by atoms with E-state index >= 15 is 0 Å². The standard InChI is InChI=1S/C12H19NO3/c1-12(2,13-3)7-8-5-9(14)11(15)10(6-8)16-4/h5-6,13-15H,7H2,1-4H3. The largest absolute Gasteiger partial charge is 0.504 e. The number of aromatic hydroxyl groups is 2. The molecule has 0 atom stereocenters. The smallest absolute Gasteiger partial charge is 0.200 e. The third kappa shape index (κ3) is 2.79. The first-order chi connectivity index (χ1) is 7.39. The maximum absolute atomic E-state index is 9.53. The molecule has 0 fully saturated rings. The van der Waals surface area contributed by atoms with Crippen molar-refractivity contribution in [2.24, 2.45) is 0 Å². The fourth-order valence-electron chi connectivity index (χ4n) is 1.50. The van der Waals surface area contributed by atoms with Gasteiger partial charge in [0, 0.05) is 5.54 Å². The molecule has 0 saturated heterocycles. The summed E-state index contributed by atoms with van der Waals surface area (Å²) in [4.78, 5) is 0. The number of hydrogen-bond acceptors (Lipinski definition) is 4. The van der Waals surface area contributed by atoms with Gasteiger partial charge in [0.15, 0.2) is 11.5 Å². The molecule has 90 valence electrons. The topological polar surface area (TPSA) is 61.7 Å². The molecule has 0 aromatic heterocycles. The summed E-state index contributed by atoms with van der Waals surface area (Å²) in [5.41, 5.74) is 0.834. The van der Waals surface area contributed by atoms with Crippen LogP contribution in [0.5, 0.6) is 17.2 Å². The van der Waals surface area contributed by atoms with E-state index in [9.17, 15) is 10.2 Å². The van der Waals surface area contributed by atoms with Crippen molar-refractivity contribution in [1.82, 2.24) is 5.32 Å². The summed E-state index contributed by atoms with van der Waals surface area (Å²) in [6.07, 6.45) is 0.730. The van der Waals surface area contributed by atoms with Crippen molar-refractivity contribution in [3.8, 4) is 17.2 Å². The second kappa shape index (κ2) is 4.61. The number of nitrogens with one attached hydrogen (secondary N) is 1. The molecule has 0 heterocycles. The van der Waals surface area contributed by atoms with E-state index in [2.05, 4.69) is 19.2 Å². The van der Waals surface area contributed by atoms with E-state index in [0.29, 0.717) is 5.75 Å². The highest BCUT2D eigenvalue weighted by Crippen LogP contribution is 2.36. The molecule has 0 unspecified atom stereocenters. The Hall–Kier alpha value is -1.42. The Balaban J connectivity index is 3.03. The van der Waals surface area contributed by atoms with Gasteiger partial charge in [-0.15, -0.1) is 0 Å². The van der Waals surface area contributed by atoms with E-state index in [1.54, 1.807) is 12.1 Å². The van der Waals surface area contributed by atoms with Crippen LogP contribution >= 0.6 is 0 Å². The Labute approximate surface area is 95.9 Å². The highest BCUT2D eigenvalue weighted by molar-refractivity contribution is 5.52. The van der Waals surface area contributed by atoms with Crippen molar-refractivity contribution in [3.05, 3.63) is 17.7 Å². The predicted molar refractivity (Wildman–Crippen MR) is 63.2 cm³/mol. The Morgan fingerprint density at radius 1 is 1.31 bits per heavy atom. The Morgan fingerprint density at radius 3 is 2.44 bits per heavy atom. The summed E-state index contributed by atoms with van der Waals surface area (Å²) in [6.45, 7) is 4.12. The minimum atomic E-state index is -0.214. The van der Waals surface area contributed by atoms with Gasteiger partial charge in [-0.1, -0.05) is 0 Å². The Kier molecular flexibility index (Phi) is 3.65. The minimum Gasteiger partial charge on any atom is -0.504 e. The number of ether oxygens (including phenoxy) is 1. The second-order valence-electron chi connectivity index (χ2n) is 4.48. The van der Waals surface area contributed by atoms with Crippen LogP contribution in [0, 0.1) is 0 Å². The normalized spacial score (nSPS) is 11.5. The summed E-state index contributed by atoms with van der Waals surface area (Å²) < 4.78 is 4.98. The molecule has 0 bridgehead atoms. The van der Waals surface area contributed by atoms with Crippen LogP contribution in [0.3, 0.4) is 0 Å². The van der Waals surface area contributed by atoms with Crippen molar-refractivity contribution >= 4 is 0 Å². The molecule has 3 N–H and O–H groups in total. The highest BCUT2D eigenvalue weighted by atomic mass is 16.5. The predicted octanol–water partition coefficient (Wildman–Crippen LogP) is 1.65. The van der Waals surface area contributed by atoms with Gasteiger partial charge in [-0.2, -0.15) is 0 Å². The molecule has 0 aliphatic carbocycles. The van der Waals surface area contributed by atoms with Crippen LogP contribution in [-0.4, -0.2) is 29.9 Å². The van der Waals surface area contributed by atoms with Crippen LogP contribution in [-0.2, 0) is 6.42 Å². The molecule has 1 aromatic rings. The first-order valence-corrected chi connectivity index (χ1v) is 5.17. The lowest BCUT2D eigenvalue weighted by atomic mass is 9.95. The average Bonchev–Trinajstić information content (AvgIpc) is 2.22. The van der Waals surface area contributed by atoms with Crippen LogP contribution in [0.25, 0.3) is 0 Å². The molecule has 4 nitrogen and oxygen atoms in total. The van der Waals surface area contributed by atoms with Gasteiger partial charge < -0.3 is 20.3 Å². The minimum absolute atomic E-state index is 0.0750. The lowest BCUT2D eigenvalue weighted by molar-refractivity contribution is 0.348. The second-order valence-corrected chi connectivity index (χ2v) is 4.48. The molecule has 16 heavy (non-hydrogen) atoms. The molecule has 0 aliphatic rings. The van der Waals surface area contributed by atoms with Crippen molar-refractivity contribution in [1.29, 1.82) is 0 Å². The zero-order valence-electron chi connectivity index (χ0n) is 10.2. The van der Waals surface area contributed by atoms with Crippen LogP contribution in [0.1, 0.15) is 19.4 Å². The van der Waals surface area contributed by atoms with Gasteiger partial charge in [-0.25, -0.2) is 0 Å². The lowest BCUT2D eigenvalue weighted by Gasteiger charge is -2.24. The SMILES string of the molecule is CNC(C)(C)Cc1cc(O)c(O)c(OC)c1. The Morgan fingerprint density at radius 2 is 1.94 bits per heavy atom. The molecular weight excluding hydrogens is 206 g/mol. The molecule has 1 aromatic carbocycles. The van der Waals surface area contributed by atoms with Gasteiger partial charge >= 0.3 is 0 Å². The van der Waals surface area contributed by atoms with E-state index in [4.69, 9.17) is 4.74 Å². The summed E-state index contributed by atoms with van der Waals surface area (Å²) in [5.74, 6) is -0.0725. The summed E-state index contributed by atoms with van der Waals surface area (Å²) in [6, 6.07) is 3.28. The van der Waals surface area contributed by atoms with Gasteiger partial charge in [0.2, 0.25) is 5.75 Å². The first kappa shape index (κ1) is 12.6. The molecule has 0 saturated carbocycles. The number of hydrogen-bond donors (Lipinski definition) is 3. The zero-order chi connectivity index (χ0) is 12.3. The van der Waals surface area contributed by atoms with Gasteiger partial charge in [0.05, 0.1) is 7.11 Å². The molecular formula is C12H19NO3. The van der Waals surface area contributed by atoms with Crippen LogP contribution in [0.15, 0.2) is 12.1 Å². The summed E-state index contributed by atoms with van der Waals surface area (Å²) in [7, 11) is 3.35. The van der Waals surface area contributed by atoms with Gasteiger partial charge in [-0.3, -0.25) is 0 Å². The number of methoxy groups -OCH3 is 1. The van der Waals surface area contributed by atoms with Crippen molar-refractivity contribution in [2.75, 3.05) is 14.2 Å². The van der Waals surface area contributed by atoms with Crippen LogP contribution in [0.2, 0.25) is 0 Å². The fourth-order valence-corrected chi connectivity index (χ4v) is 1.50. The average molecular weight is 225 g/mol. The number of rotatable bonds is 4. The van der Waals surface area contributed by atoms with Crippen molar-refractivity contribution < 1.29 is 14.9 Å². The highest BCUT2D eigenvalue weighted by Gasteiger charge is 2.18. The molecule has 0 amide bonds. The monoisotopic (exact) mass is 225 g/mol. The maximum Gasteiger partial charge on any atom is 0.200 e. The third-order valence-electron chi connectivity index (χ3n) is 2.66. The van der Waals surface area contributed by atoms with Crippen molar-refractivity contribution in [3.63, 3.8) is 0 Å². The molecule has 0 spiro atoms. The zero-order valence-corrected chi connectivity index (χ0v) is 10.2. The van der Waals surface area contributed by atoms with E-state index in [1.807, 2.05) is 7.05 Å². The Bertz CT molecular complexity index is 375. The quantitative estimate of drug-likeness (QED) is 0.682. The summed E-state index contributed by atoms with van der Waals surface area (Å²) in [5, 5.41) is 22.2. The third-order valence-corrected chi connectivity index (χ3v) is 2.66. The molecule has 0 aliphatic heterocycles. The van der Waals surface area contributed by atoms with Crippen LogP contribution < -0.4 is 10.1 Å². The van der Waals surface area contributed by atoms with E-state index in [1.165, 1.54) is 7.11 Å². The molecule has 0 radical (unpaired) electrons. The van der Waals surface area contributed by atoms with E-state index in [0.717, 1.165) is 12.0 Å². The molecule has 1 rings (SSSR count). The number of phenolic OH excluding ortho intramolecular Hbond substituents is 2. The van der Waals surface area contributed by atoms with Crippen molar-refractivity contribution in [2.45, 2.75) is 25.8 Å². The first-order valence-electron chi connectivity index (χ1n) is 5.17.